The summed E-state index contributed by atoms with van der Waals surface area (Å²) in [5, 5.41) is 7.67. The van der Waals surface area contributed by atoms with E-state index in [1.54, 1.807) is 15.5 Å². The summed E-state index contributed by atoms with van der Waals surface area (Å²) in [5.41, 5.74) is 5.89. The van der Waals surface area contributed by atoms with Gasteiger partial charge in [0.25, 0.3) is 0 Å². The molecule has 2 N–H and O–H groups in total. The number of aromatic nitrogens is 5. The van der Waals surface area contributed by atoms with Gasteiger partial charge in [-0.3, -0.25) is 0 Å². The van der Waals surface area contributed by atoms with E-state index in [0.29, 0.717) is 12.4 Å². The molecule has 90 valence electrons. The Balaban J connectivity index is 2.26. The molecule has 0 aliphatic rings. The van der Waals surface area contributed by atoms with Crippen LogP contribution in [0.25, 0.3) is 0 Å². The summed E-state index contributed by atoms with van der Waals surface area (Å²) in [6, 6.07) is 0. The van der Waals surface area contributed by atoms with Gasteiger partial charge >= 0.3 is 5.97 Å². The topological polar surface area (TPSA) is 101 Å². The molecule has 2 rings (SSSR count). The maximum absolute atomic E-state index is 11.3. The number of hydrogen-bond acceptors (Lipinski definition) is 6. The van der Waals surface area contributed by atoms with Crippen molar-refractivity contribution in [3.8, 4) is 0 Å². The van der Waals surface area contributed by atoms with E-state index in [2.05, 4.69) is 19.9 Å². The number of carbonyl (C=O) groups is 1. The van der Waals surface area contributed by atoms with Gasteiger partial charge in [0.2, 0.25) is 0 Å². The Labute approximate surface area is 97.0 Å². The molecule has 0 atom stereocenters. The molecule has 0 saturated heterocycles. The molecular formula is C9H12N6O2. The van der Waals surface area contributed by atoms with Crippen LogP contribution in [0.4, 0.5) is 5.82 Å². The molecular weight excluding hydrogens is 224 g/mol. The van der Waals surface area contributed by atoms with Crippen molar-refractivity contribution in [1.29, 1.82) is 0 Å². The molecule has 0 amide bonds. The number of imidazole rings is 1. The van der Waals surface area contributed by atoms with Gasteiger partial charge < -0.3 is 19.6 Å². The molecule has 0 fully saturated rings. The highest BCUT2D eigenvalue weighted by Gasteiger charge is 2.16. The Hall–Kier alpha value is -2.38. The normalized spacial score (nSPS) is 10.5. The highest BCUT2D eigenvalue weighted by molar-refractivity contribution is 5.92. The van der Waals surface area contributed by atoms with E-state index in [1.165, 1.54) is 13.4 Å². The van der Waals surface area contributed by atoms with Crippen LogP contribution >= 0.6 is 0 Å². The van der Waals surface area contributed by atoms with Crippen LogP contribution in [0, 0.1) is 0 Å². The van der Waals surface area contributed by atoms with Gasteiger partial charge in [-0.2, -0.15) is 0 Å². The van der Waals surface area contributed by atoms with Gasteiger partial charge in [-0.05, 0) is 0 Å². The van der Waals surface area contributed by atoms with Gasteiger partial charge in [0.05, 0.1) is 20.0 Å². The van der Waals surface area contributed by atoms with Gasteiger partial charge in [-0.15, -0.1) is 10.2 Å². The summed E-state index contributed by atoms with van der Waals surface area (Å²) >= 11 is 0. The third-order valence-electron chi connectivity index (χ3n) is 2.37. The lowest BCUT2D eigenvalue weighted by atomic mass is 10.4. The van der Waals surface area contributed by atoms with Crippen molar-refractivity contribution >= 4 is 11.8 Å². The Bertz CT molecular complexity index is 543. The third kappa shape index (κ3) is 1.96. The maximum Gasteiger partial charge on any atom is 0.360 e. The number of ether oxygens (including phenoxy) is 1. The average molecular weight is 236 g/mol. The number of aryl methyl sites for hydroxylation is 1. The van der Waals surface area contributed by atoms with Crippen LogP contribution in [0.2, 0.25) is 0 Å². The number of carbonyl (C=O) groups excluding carboxylic acids is 1. The first-order chi connectivity index (χ1) is 8.13. The highest BCUT2D eigenvalue weighted by Crippen LogP contribution is 2.12. The van der Waals surface area contributed by atoms with Crippen molar-refractivity contribution in [2.45, 2.75) is 6.54 Å². The lowest BCUT2D eigenvalue weighted by Crippen LogP contribution is -2.10. The van der Waals surface area contributed by atoms with Crippen LogP contribution in [0.15, 0.2) is 12.7 Å². The smallest absolute Gasteiger partial charge is 0.360 e. The van der Waals surface area contributed by atoms with E-state index in [0.717, 1.165) is 0 Å². The largest absolute Gasteiger partial charge is 0.464 e. The summed E-state index contributed by atoms with van der Waals surface area (Å²) in [5.74, 6) is 0.407. The highest BCUT2D eigenvalue weighted by atomic mass is 16.5. The van der Waals surface area contributed by atoms with Gasteiger partial charge in [0.1, 0.15) is 12.1 Å². The van der Waals surface area contributed by atoms with E-state index in [4.69, 9.17) is 5.73 Å². The number of nitrogens with zero attached hydrogens (tertiary/aromatic N) is 5. The van der Waals surface area contributed by atoms with Crippen LogP contribution in [-0.2, 0) is 18.3 Å². The number of methoxy groups -OCH3 is 1. The molecule has 17 heavy (non-hydrogen) atoms. The second-order valence-corrected chi connectivity index (χ2v) is 3.46. The van der Waals surface area contributed by atoms with Crippen molar-refractivity contribution in [2.75, 3.05) is 12.8 Å². The lowest BCUT2D eigenvalue weighted by Gasteiger charge is -2.04. The SMILES string of the molecule is COC(=O)c1ncn(Cc2nncn2C)c1N. The Morgan fingerprint density at radius 2 is 2.29 bits per heavy atom. The van der Waals surface area contributed by atoms with Gasteiger partial charge in [0.15, 0.2) is 11.5 Å². The summed E-state index contributed by atoms with van der Waals surface area (Å²) < 4.78 is 7.93. The quantitative estimate of drug-likeness (QED) is 0.716. The van der Waals surface area contributed by atoms with Gasteiger partial charge in [0, 0.05) is 7.05 Å². The monoisotopic (exact) mass is 236 g/mol. The van der Waals surface area contributed by atoms with Crippen LogP contribution in [0.5, 0.6) is 0 Å². The lowest BCUT2D eigenvalue weighted by molar-refractivity contribution is 0.0596. The Morgan fingerprint density at radius 3 is 2.88 bits per heavy atom. The van der Waals surface area contributed by atoms with E-state index < -0.39 is 5.97 Å². The first-order valence-electron chi connectivity index (χ1n) is 4.85. The molecule has 0 radical (unpaired) electrons. The van der Waals surface area contributed by atoms with Crippen LogP contribution in [-0.4, -0.2) is 37.4 Å². The molecule has 2 aromatic rings. The number of nitrogens with two attached hydrogens (primary N) is 1. The zero-order chi connectivity index (χ0) is 12.4. The van der Waals surface area contributed by atoms with Crippen LogP contribution < -0.4 is 5.73 Å². The van der Waals surface area contributed by atoms with E-state index in [9.17, 15) is 4.79 Å². The zero-order valence-corrected chi connectivity index (χ0v) is 9.49. The van der Waals surface area contributed by atoms with Crippen LogP contribution in [0.1, 0.15) is 16.3 Å². The number of esters is 1. The maximum atomic E-state index is 11.3. The van der Waals surface area contributed by atoms with Gasteiger partial charge in [-0.1, -0.05) is 0 Å². The number of rotatable bonds is 3. The van der Waals surface area contributed by atoms with E-state index >= 15 is 0 Å². The molecule has 0 aliphatic carbocycles. The van der Waals surface area contributed by atoms with Crippen molar-refractivity contribution in [3.05, 3.63) is 24.2 Å². The molecule has 0 spiro atoms. The van der Waals surface area contributed by atoms with E-state index in [1.807, 2.05) is 7.05 Å². The molecule has 2 heterocycles. The van der Waals surface area contributed by atoms with Crippen molar-refractivity contribution < 1.29 is 9.53 Å². The zero-order valence-electron chi connectivity index (χ0n) is 9.49. The van der Waals surface area contributed by atoms with Crippen LogP contribution in [0.3, 0.4) is 0 Å². The summed E-state index contributed by atoms with van der Waals surface area (Å²) in [4.78, 5) is 15.2. The Morgan fingerprint density at radius 1 is 1.53 bits per heavy atom. The minimum absolute atomic E-state index is 0.106. The standard InChI is InChI=1S/C9H12N6O2/c1-14-5-12-13-6(14)3-15-4-11-7(8(15)10)9(16)17-2/h4-5H,3,10H2,1-2H3. The molecule has 0 aliphatic heterocycles. The van der Waals surface area contributed by atoms with E-state index in [-0.39, 0.29) is 11.5 Å². The summed E-state index contributed by atoms with van der Waals surface area (Å²) in [6.07, 6.45) is 3.06. The molecule has 2 aromatic heterocycles. The predicted octanol–water partition coefficient (Wildman–Crippen LogP) is -0.571. The molecule has 0 bridgehead atoms. The summed E-state index contributed by atoms with van der Waals surface area (Å²) in [7, 11) is 3.10. The average Bonchev–Trinajstić information content (AvgIpc) is 2.87. The minimum atomic E-state index is -0.556. The molecule has 0 unspecified atom stereocenters. The number of hydrogen-bond donors (Lipinski definition) is 1. The molecule has 0 aromatic carbocycles. The fourth-order valence-corrected chi connectivity index (χ4v) is 1.37. The number of anilines is 1. The van der Waals surface area contributed by atoms with Crippen molar-refractivity contribution in [2.24, 2.45) is 7.05 Å². The predicted molar refractivity (Wildman–Crippen MR) is 58.1 cm³/mol. The second-order valence-electron chi connectivity index (χ2n) is 3.46. The Kier molecular flexibility index (Phi) is 2.77. The second kappa shape index (κ2) is 4.24. The summed E-state index contributed by atoms with van der Waals surface area (Å²) in [6.45, 7) is 0.395. The molecule has 8 heteroatoms. The minimum Gasteiger partial charge on any atom is -0.464 e. The first kappa shape index (κ1) is 11.1. The fraction of sp³-hybridized carbons (Fsp3) is 0.333. The van der Waals surface area contributed by atoms with Crippen molar-refractivity contribution in [3.63, 3.8) is 0 Å². The first-order valence-corrected chi connectivity index (χ1v) is 4.85. The molecule has 0 saturated carbocycles. The molecule has 8 nitrogen and oxygen atoms in total. The third-order valence-corrected chi connectivity index (χ3v) is 2.37. The number of nitrogen functional groups attached to an aromatic ring is 1. The van der Waals surface area contributed by atoms with Crippen molar-refractivity contribution in [1.82, 2.24) is 24.3 Å². The fourth-order valence-electron chi connectivity index (χ4n) is 1.37. The van der Waals surface area contributed by atoms with Gasteiger partial charge in [-0.25, -0.2) is 9.78 Å².